The van der Waals surface area contributed by atoms with Gasteiger partial charge in [0.1, 0.15) is 12.7 Å². The van der Waals surface area contributed by atoms with E-state index in [0.29, 0.717) is 17.3 Å². The second-order valence-electron chi connectivity index (χ2n) is 5.23. The van der Waals surface area contributed by atoms with Gasteiger partial charge in [-0.05, 0) is 31.2 Å². The summed E-state index contributed by atoms with van der Waals surface area (Å²) in [5.74, 6) is 0. The highest BCUT2D eigenvalue weighted by molar-refractivity contribution is 6.32. The Bertz CT molecular complexity index is 801. The van der Waals surface area contributed by atoms with Crippen molar-refractivity contribution in [3.05, 3.63) is 54.3 Å². The molecule has 0 radical (unpaired) electrons. The van der Waals surface area contributed by atoms with Gasteiger partial charge in [0, 0.05) is 24.1 Å². The Labute approximate surface area is 143 Å². The predicted octanol–water partition coefficient (Wildman–Crippen LogP) is 2.33. The van der Waals surface area contributed by atoms with Crippen molar-refractivity contribution >= 4 is 23.3 Å². The minimum absolute atomic E-state index is 0.106. The van der Waals surface area contributed by atoms with Gasteiger partial charge < -0.3 is 10.6 Å². The Morgan fingerprint density at radius 3 is 2.92 bits per heavy atom. The van der Waals surface area contributed by atoms with Gasteiger partial charge >= 0.3 is 6.03 Å². The average Bonchev–Trinajstić information content (AvgIpc) is 3.20. The molecule has 0 bridgehead atoms. The van der Waals surface area contributed by atoms with Gasteiger partial charge in [0.2, 0.25) is 0 Å². The van der Waals surface area contributed by atoms with Crippen LogP contribution >= 0.6 is 11.6 Å². The number of hydrogen-bond donors (Lipinski definition) is 2. The number of rotatable bonds is 5. The van der Waals surface area contributed by atoms with E-state index in [1.807, 2.05) is 13.0 Å². The molecular formula is C15H16ClN7O. The maximum Gasteiger partial charge on any atom is 0.319 e. The number of nitrogens with one attached hydrogen (secondary N) is 2. The number of hydrogen-bond acceptors (Lipinski definition) is 4. The molecule has 0 saturated heterocycles. The summed E-state index contributed by atoms with van der Waals surface area (Å²) in [5, 5.41) is 14.2. The van der Waals surface area contributed by atoms with E-state index >= 15 is 0 Å². The van der Waals surface area contributed by atoms with Crippen LogP contribution in [-0.4, -0.2) is 36.6 Å². The van der Waals surface area contributed by atoms with E-state index in [0.717, 1.165) is 5.69 Å². The van der Waals surface area contributed by atoms with Gasteiger partial charge in [-0.25, -0.2) is 14.5 Å². The zero-order valence-corrected chi connectivity index (χ0v) is 13.7. The zero-order valence-electron chi connectivity index (χ0n) is 12.9. The number of amides is 2. The van der Waals surface area contributed by atoms with Crippen LogP contribution in [0.1, 0.15) is 6.92 Å². The molecule has 8 nitrogen and oxygen atoms in total. The van der Waals surface area contributed by atoms with Gasteiger partial charge in [0.25, 0.3) is 0 Å². The minimum atomic E-state index is -0.314. The van der Waals surface area contributed by atoms with E-state index in [9.17, 15) is 4.79 Å². The minimum Gasteiger partial charge on any atom is -0.334 e. The number of aromatic nitrogens is 5. The third kappa shape index (κ3) is 3.90. The molecule has 0 aliphatic heterocycles. The third-order valence-electron chi connectivity index (χ3n) is 3.26. The molecule has 0 unspecified atom stereocenters. The highest BCUT2D eigenvalue weighted by atomic mass is 35.5. The van der Waals surface area contributed by atoms with Gasteiger partial charge in [-0.2, -0.15) is 10.2 Å². The second-order valence-corrected chi connectivity index (χ2v) is 5.64. The molecule has 24 heavy (non-hydrogen) atoms. The van der Waals surface area contributed by atoms with E-state index < -0.39 is 0 Å². The summed E-state index contributed by atoms with van der Waals surface area (Å²) in [4.78, 5) is 15.9. The fraction of sp³-hybridized carbons (Fsp3) is 0.200. The van der Waals surface area contributed by atoms with Crippen molar-refractivity contribution in [3.8, 4) is 5.69 Å². The van der Waals surface area contributed by atoms with Crippen molar-refractivity contribution in [3.63, 3.8) is 0 Å². The molecule has 2 heterocycles. The zero-order chi connectivity index (χ0) is 16.9. The molecule has 2 aromatic heterocycles. The first-order valence-electron chi connectivity index (χ1n) is 7.31. The van der Waals surface area contributed by atoms with Gasteiger partial charge in [0.15, 0.2) is 0 Å². The van der Waals surface area contributed by atoms with Gasteiger partial charge in [-0.1, -0.05) is 11.6 Å². The first-order chi connectivity index (χ1) is 11.6. The molecule has 3 aromatic rings. The number of anilines is 1. The summed E-state index contributed by atoms with van der Waals surface area (Å²) in [6.07, 6.45) is 6.53. The molecular weight excluding hydrogens is 330 g/mol. The SMILES string of the molecule is C[C@@H](Cn1cncn1)NC(=O)Nc1ccc(-n2cccn2)c(Cl)c1. The van der Waals surface area contributed by atoms with Crippen LogP contribution in [0.15, 0.2) is 49.3 Å². The summed E-state index contributed by atoms with van der Waals surface area (Å²) < 4.78 is 3.31. The van der Waals surface area contributed by atoms with Gasteiger partial charge in [-0.3, -0.25) is 4.68 Å². The molecule has 0 spiro atoms. The molecule has 0 aliphatic rings. The highest BCUT2D eigenvalue weighted by Gasteiger charge is 2.10. The summed E-state index contributed by atoms with van der Waals surface area (Å²) >= 11 is 6.25. The summed E-state index contributed by atoms with van der Waals surface area (Å²) in [6.45, 7) is 2.42. The monoisotopic (exact) mass is 345 g/mol. The molecule has 0 saturated carbocycles. The van der Waals surface area contributed by atoms with E-state index in [-0.39, 0.29) is 12.1 Å². The smallest absolute Gasteiger partial charge is 0.319 e. The fourth-order valence-corrected chi connectivity index (χ4v) is 2.49. The molecule has 1 atom stereocenters. The number of urea groups is 1. The van der Waals surface area contributed by atoms with Crippen molar-refractivity contribution in [1.29, 1.82) is 0 Å². The van der Waals surface area contributed by atoms with Crippen LogP contribution in [0.2, 0.25) is 5.02 Å². The van der Waals surface area contributed by atoms with Crippen molar-refractivity contribution < 1.29 is 4.79 Å². The van der Waals surface area contributed by atoms with Crippen molar-refractivity contribution in [2.75, 3.05) is 5.32 Å². The molecule has 0 aliphatic carbocycles. The van der Waals surface area contributed by atoms with Gasteiger partial charge in [0.05, 0.1) is 17.3 Å². The van der Waals surface area contributed by atoms with E-state index in [1.165, 1.54) is 6.33 Å². The Hall–Kier alpha value is -2.87. The lowest BCUT2D eigenvalue weighted by Crippen LogP contribution is -2.38. The lowest BCUT2D eigenvalue weighted by molar-refractivity contribution is 0.247. The molecule has 2 N–H and O–H groups in total. The molecule has 9 heteroatoms. The van der Waals surface area contributed by atoms with Crippen molar-refractivity contribution in [1.82, 2.24) is 29.9 Å². The molecule has 2 amide bonds. The van der Waals surface area contributed by atoms with Crippen LogP contribution < -0.4 is 10.6 Å². The third-order valence-corrected chi connectivity index (χ3v) is 3.56. The molecule has 124 valence electrons. The quantitative estimate of drug-likeness (QED) is 0.742. The maximum atomic E-state index is 12.0. The number of halogens is 1. The van der Waals surface area contributed by atoms with E-state index in [4.69, 9.17) is 11.6 Å². The Kier molecular flexibility index (Phi) is 4.76. The van der Waals surface area contributed by atoms with Crippen LogP contribution in [0.25, 0.3) is 5.69 Å². The number of nitrogens with zero attached hydrogens (tertiary/aromatic N) is 5. The summed E-state index contributed by atoms with van der Waals surface area (Å²) in [7, 11) is 0. The van der Waals surface area contributed by atoms with E-state index in [2.05, 4.69) is 25.8 Å². The lowest BCUT2D eigenvalue weighted by atomic mass is 10.3. The maximum absolute atomic E-state index is 12.0. The lowest BCUT2D eigenvalue weighted by Gasteiger charge is -2.15. The Morgan fingerprint density at radius 1 is 1.38 bits per heavy atom. The van der Waals surface area contributed by atoms with Gasteiger partial charge in [-0.15, -0.1) is 0 Å². The van der Waals surface area contributed by atoms with Crippen LogP contribution in [-0.2, 0) is 6.54 Å². The Morgan fingerprint density at radius 2 is 2.25 bits per heavy atom. The molecule has 3 rings (SSSR count). The molecule has 1 aromatic carbocycles. The number of benzene rings is 1. The number of carbonyl (C=O) groups is 1. The predicted molar refractivity (Wildman–Crippen MR) is 90.2 cm³/mol. The standard InChI is InChI=1S/C15H16ClN7O/c1-11(8-22-10-17-9-19-22)20-15(24)21-12-3-4-14(13(16)7-12)23-6-2-5-18-23/h2-7,9-11H,8H2,1H3,(H2,20,21,24)/t11-/m0/s1. The average molecular weight is 346 g/mol. The first-order valence-corrected chi connectivity index (χ1v) is 7.69. The summed E-state index contributed by atoms with van der Waals surface area (Å²) in [5.41, 5.74) is 1.34. The first kappa shape index (κ1) is 16.0. The largest absolute Gasteiger partial charge is 0.334 e. The summed E-state index contributed by atoms with van der Waals surface area (Å²) in [6, 6.07) is 6.64. The second kappa shape index (κ2) is 7.14. The van der Waals surface area contributed by atoms with Crippen LogP contribution in [0.5, 0.6) is 0 Å². The Balaban J connectivity index is 1.59. The van der Waals surface area contributed by atoms with Crippen molar-refractivity contribution in [2.24, 2.45) is 0 Å². The van der Waals surface area contributed by atoms with E-state index in [1.54, 1.807) is 46.3 Å². The van der Waals surface area contributed by atoms with Crippen LogP contribution in [0.4, 0.5) is 10.5 Å². The fourth-order valence-electron chi connectivity index (χ4n) is 2.23. The van der Waals surface area contributed by atoms with Crippen molar-refractivity contribution in [2.45, 2.75) is 19.5 Å². The normalized spacial score (nSPS) is 11.9. The van der Waals surface area contributed by atoms with Crippen LogP contribution in [0.3, 0.4) is 0 Å². The number of carbonyl (C=O) groups excluding carboxylic acids is 1. The highest BCUT2D eigenvalue weighted by Crippen LogP contribution is 2.23. The molecule has 0 fully saturated rings. The van der Waals surface area contributed by atoms with Crippen LogP contribution in [0, 0.1) is 0 Å². The topological polar surface area (TPSA) is 89.7 Å².